The molecule has 8 heteroatoms. The highest BCUT2D eigenvalue weighted by molar-refractivity contribution is 9.10. The summed E-state index contributed by atoms with van der Waals surface area (Å²) in [6, 6.07) is 4.74. The molecule has 0 amide bonds. The summed E-state index contributed by atoms with van der Waals surface area (Å²) in [4.78, 5) is 14.0. The molecule has 0 aliphatic heterocycles. The molecule has 15 heavy (non-hydrogen) atoms. The highest BCUT2D eigenvalue weighted by Crippen LogP contribution is 2.05. The number of aromatic nitrogens is 1. The first kappa shape index (κ1) is 14.0. The maximum absolute atomic E-state index is 10.3. The zero-order valence-corrected chi connectivity index (χ0v) is 9.99. The van der Waals surface area contributed by atoms with Crippen molar-refractivity contribution in [3.63, 3.8) is 0 Å². The van der Waals surface area contributed by atoms with Crippen molar-refractivity contribution in [2.75, 3.05) is 6.26 Å². The Morgan fingerprint density at radius 2 is 1.93 bits per heavy atom. The molecule has 0 saturated heterocycles. The molecule has 1 heterocycles. The smallest absolute Gasteiger partial charge is 0.354 e. The number of halogens is 1. The maximum atomic E-state index is 10.3. The van der Waals surface area contributed by atoms with E-state index in [1.165, 1.54) is 6.07 Å². The lowest BCUT2D eigenvalue weighted by Crippen LogP contribution is -1.98. The van der Waals surface area contributed by atoms with E-state index in [0.29, 0.717) is 10.9 Å². The van der Waals surface area contributed by atoms with Crippen LogP contribution in [0.3, 0.4) is 0 Å². The average Bonchev–Trinajstić information content (AvgIpc) is 2.00. The van der Waals surface area contributed by atoms with Gasteiger partial charge in [-0.05, 0) is 28.1 Å². The normalized spacial score (nSPS) is 10.1. The lowest BCUT2D eigenvalue weighted by atomic mass is 10.4. The third kappa shape index (κ3) is 9.32. The highest BCUT2D eigenvalue weighted by Gasteiger charge is 2.02. The molecule has 0 spiro atoms. The molecule has 1 aromatic heterocycles. The summed E-state index contributed by atoms with van der Waals surface area (Å²) in [5.74, 6) is -1.01. The molecule has 0 aromatic carbocycles. The van der Waals surface area contributed by atoms with Gasteiger partial charge in [0.05, 0.1) is 6.26 Å². The van der Waals surface area contributed by atoms with Gasteiger partial charge in [-0.3, -0.25) is 4.55 Å². The molecule has 0 aliphatic rings. The van der Waals surface area contributed by atoms with E-state index in [4.69, 9.17) is 9.66 Å². The molecule has 1 rings (SSSR count). The topological polar surface area (TPSA) is 105 Å². The fourth-order valence-corrected chi connectivity index (χ4v) is 0.871. The van der Waals surface area contributed by atoms with Crippen LogP contribution in [0.1, 0.15) is 10.5 Å². The lowest BCUT2D eigenvalue weighted by molar-refractivity contribution is 0.0690. The van der Waals surface area contributed by atoms with E-state index < -0.39 is 16.1 Å². The van der Waals surface area contributed by atoms with Gasteiger partial charge < -0.3 is 5.11 Å². The number of hydrogen-bond acceptors (Lipinski definition) is 4. The van der Waals surface area contributed by atoms with Crippen LogP contribution in [0.4, 0.5) is 0 Å². The zero-order chi connectivity index (χ0) is 12.1. The third-order valence-corrected chi connectivity index (χ3v) is 1.38. The number of rotatable bonds is 1. The number of nitrogens with zero attached hydrogens (tertiary/aromatic N) is 1. The van der Waals surface area contributed by atoms with Gasteiger partial charge in [-0.1, -0.05) is 6.07 Å². The van der Waals surface area contributed by atoms with E-state index in [1.807, 2.05) is 0 Å². The number of aromatic carboxylic acids is 1. The summed E-state index contributed by atoms with van der Waals surface area (Å²) in [6.07, 6.45) is 0.715. The van der Waals surface area contributed by atoms with Gasteiger partial charge in [0.25, 0.3) is 10.1 Å². The maximum Gasteiger partial charge on any atom is 0.354 e. The van der Waals surface area contributed by atoms with Crippen LogP contribution < -0.4 is 0 Å². The highest BCUT2D eigenvalue weighted by atomic mass is 79.9. The first-order chi connectivity index (χ1) is 6.70. The molecule has 0 fully saturated rings. The van der Waals surface area contributed by atoms with E-state index in [-0.39, 0.29) is 5.69 Å². The van der Waals surface area contributed by atoms with Crippen molar-refractivity contribution in [2.45, 2.75) is 0 Å². The number of carboxylic acid groups (broad SMARTS) is 1. The van der Waals surface area contributed by atoms with Crippen LogP contribution in [0.25, 0.3) is 0 Å². The minimum Gasteiger partial charge on any atom is -0.477 e. The van der Waals surface area contributed by atoms with Crippen molar-refractivity contribution >= 4 is 32.0 Å². The van der Waals surface area contributed by atoms with Gasteiger partial charge in [-0.25, -0.2) is 9.78 Å². The number of hydrogen-bond donors (Lipinski definition) is 2. The summed E-state index contributed by atoms with van der Waals surface area (Å²) < 4.78 is 26.4. The molecular weight excluding hydrogens is 290 g/mol. The standard InChI is InChI=1S/C6H4BrNO2.CH4O3S/c7-5-3-1-2-4(8-5)6(9)10;1-5(2,3)4/h1-3H,(H,9,10);1H3,(H,2,3,4). The Balaban J connectivity index is 0.000000336. The molecule has 0 radical (unpaired) electrons. The summed E-state index contributed by atoms with van der Waals surface area (Å²) in [6.45, 7) is 0. The van der Waals surface area contributed by atoms with Gasteiger partial charge in [-0.2, -0.15) is 8.42 Å². The van der Waals surface area contributed by atoms with Crippen LogP contribution in [0.5, 0.6) is 0 Å². The SMILES string of the molecule is CS(=O)(=O)O.O=C(O)c1cccc(Br)n1. The second kappa shape index (κ2) is 5.79. The van der Waals surface area contributed by atoms with Gasteiger partial charge in [-0.15, -0.1) is 0 Å². The second-order valence-corrected chi connectivity index (χ2v) is 4.66. The van der Waals surface area contributed by atoms with Crippen LogP contribution in [-0.4, -0.2) is 35.3 Å². The van der Waals surface area contributed by atoms with Crippen molar-refractivity contribution in [1.29, 1.82) is 0 Å². The molecule has 6 nitrogen and oxygen atoms in total. The van der Waals surface area contributed by atoms with Gasteiger partial charge in [0.2, 0.25) is 0 Å². The van der Waals surface area contributed by atoms with Crippen LogP contribution in [0.2, 0.25) is 0 Å². The second-order valence-electron chi connectivity index (χ2n) is 2.38. The zero-order valence-electron chi connectivity index (χ0n) is 7.58. The summed E-state index contributed by atoms with van der Waals surface area (Å²) in [7, 11) is -3.67. The Hall–Kier alpha value is -0.990. The van der Waals surface area contributed by atoms with Gasteiger partial charge in [0, 0.05) is 0 Å². The number of pyridine rings is 1. The van der Waals surface area contributed by atoms with Crippen LogP contribution in [0.15, 0.2) is 22.8 Å². The Bertz CT molecular complexity index is 436. The monoisotopic (exact) mass is 297 g/mol. The predicted molar refractivity (Wildman–Crippen MR) is 56.4 cm³/mol. The first-order valence-corrected chi connectivity index (χ1v) is 6.12. The van der Waals surface area contributed by atoms with Crippen molar-refractivity contribution in [3.05, 3.63) is 28.5 Å². The molecule has 84 valence electrons. The van der Waals surface area contributed by atoms with E-state index >= 15 is 0 Å². The average molecular weight is 298 g/mol. The van der Waals surface area contributed by atoms with Crippen LogP contribution in [-0.2, 0) is 10.1 Å². The Kier molecular flexibility index (Phi) is 5.40. The number of carbonyl (C=O) groups is 1. The molecule has 2 N–H and O–H groups in total. The fourth-order valence-electron chi connectivity index (χ4n) is 0.527. The number of carboxylic acids is 1. The first-order valence-electron chi connectivity index (χ1n) is 3.48. The summed E-state index contributed by atoms with van der Waals surface area (Å²) >= 11 is 3.06. The molecule has 1 aromatic rings. The lowest BCUT2D eigenvalue weighted by Gasteiger charge is -1.91. The molecule has 0 unspecified atom stereocenters. The quantitative estimate of drug-likeness (QED) is 0.593. The Labute approximate surface area is 94.8 Å². The van der Waals surface area contributed by atoms with E-state index in [2.05, 4.69) is 20.9 Å². The van der Waals surface area contributed by atoms with Crippen molar-refractivity contribution < 1.29 is 22.9 Å². The van der Waals surface area contributed by atoms with E-state index in [0.717, 1.165) is 0 Å². The Morgan fingerprint density at radius 1 is 1.47 bits per heavy atom. The van der Waals surface area contributed by atoms with Gasteiger partial charge in [0.15, 0.2) is 0 Å². The third-order valence-electron chi connectivity index (χ3n) is 0.934. The van der Waals surface area contributed by atoms with E-state index in [1.54, 1.807) is 12.1 Å². The molecule has 0 bridgehead atoms. The fraction of sp³-hybridized carbons (Fsp3) is 0.143. The molecular formula is C7H8BrNO5S. The van der Waals surface area contributed by atoms with Gasteiger partial charge >= 0.3 is 5.97 Å². The van der Waals surface area contributed by atoms with Crippen LogP contribution in [0, 0.1) is 0 Å². The van der Waals surface area contributed by atoms with E-state index in [9.17, 15) is 13.2 Å². The Morgan fingerprint density at radius 3 is 2.20 bits per heavy atom. The van der Waals surface area contributed by atoms with Crippen molar-refractivity contribution in [2.24, 2.45) is 0 Å². The molecule has 0 atom stereocenters. The largest absolute Gasteiger partial charge is 0.477 e. The van der Waals surface area contributed by atoms with Crippen molar-refractivity contribution in [3.8, 4) is 0 Å². The minimum atomic E-state index is -3.67. The molecule has 0 saturated carbocycles. The van der Waals surface area contributed by atoms with Gasteiger partial charge in [0.1, 0.15) is 10.3 Å². The predicted octanol–water partition coefficient (Wildman–Crippen LogP) is 1.05. The molecule has 0 aliphatic carbocycles. The van der Waals surface area contributed by atoms with Crippen molar-refractivity contribution in [1.82, 2.24) is 4.98 Å². The summed E-state index contributed by atoms with van der Waals surface area (Å²) in [5.41, 5.74) is 0.0503. The van der Waals surface area contributed by atoms with Crippen LogP contribution >= 0.6 is 15.9 Å². The summed E-state index contributed by atoms with van der Waals surface area (Å²) in [5, 5.41) is 8.43. The minimum absolute atomic E-state index is 0.0503.